The highest BCUT2D eigenvalue weighted by Crippen LogP contribution is 2.19. The minimum Gasteiger partial charge on any atom is -0.484 e. The van der Waals surface area contributed by atoms with Crippen LogP contribution in [0.5, 0.6) is 5.75 Å². The van der Waals surface area contributed by atoms with Crippen LogP contribution in [-0.4, -0.2) is 23.4 Å². The van der Waals surface area contributed by atoms with Gasteiger partial charge in [-0.25, -0.2) is 0 Å². The smallest absolute Gasteiger partial charge is 0.276 e. The van der Waals surface area contributed by atoms with Crippen molar-refractivity contribution >= 4 is 22.7 Å². The molecule has 0 aliphatic rings. The van der Waals surface area contributed by atoms with Crippen LogP contribution in [0.25, 0.3) is 10.9 Å². The second-order valence-electron chi connectivity index (χ2n) is 6.49. The molecule has 27 heavy (non-hydrogen) atoms. The Morgan fingerprint density at radius 1 is 1.00 bits per heavy atom. The van der Waals surface area contributed by atoms with Gasteiger partial charge in [-0.05, 0) is 55.2 Å². The summed E-state index contributed by atoms with van der Waals surface area (Å²) in [4.78, 5) is 27.0. The summed E-state index contributed by atoms with van der Waals surface area (Å²) in [5.74, 6) is -0.0348. The molecule has 2 aromatic carbocycles. The van der Waals surface area contributed by atoms with Crippen molar-refractivity contribution in [2.24, 2.45) is 0 Å². The van der Waals surface area contributed by atoms with Crippen LogP contribution in [0, 0.1) is 13.8 Å². The molecule has 0 saturated carbocycles. The fourth-order valence-electron chi connectivity index (χ4n) is 2.78. The van der Waals surface area contributed by atoms with Gasteiger partial charge in [0.1, 0.15) is 5.75 Å². The molecule has 3 aromatic rings. The molecule has 6 nitrogen and oxygen atoms in total. The summed E-state index contributed by atoms with van der Waals surface area (Å²) in [6.45, 7) is 3.83. The fraction of sp³-hybridized carbons (Fsp3) is 0.238. The summed E-state index contributed by atoms with van der Waals surface area (Å²) in [6.07, 6.45) is 2.78. The third-order valence-electron chi connectivity index (χ3n) is 4.49. The zero-order valence-corrected chi connectivity index (χ0v) is 15.5. The highest BCUT2D eigenvalue weighted by atomic mass is 16.5. The van der Waals surface area contributed by atoms with Crippen molar-refractivity contribution in [2.45, 2.75) is 26.7 Å². The van der Waals surface area contributed by atoms with E-state index in [1.165, 1.54) is 0 Å². The number of carbonyl (C=O) groups is 2. The Morgan fingerprint density at radius 2 is 1.78 bits per heavy atom. The molecule has 1 heterocycles. The van der Waals surface area contributed by atoms with Crippen LogP contribution in [0.3, 0.4) is 0 Å². The number of nitrogens with one attached hydrogen (secondary N) is 3. The maximum Gasteiger partial charge on any atom is 0.276 e. The summed E-state index contributed by atoms with van der Waals surface area (Å²) >= 11 is 0. The van der Waals surface area contributed by atoms with Gasteiger partial charge in [0, 0.05) is 23.5 Å². The summed E-state index contributed by atoms with van der Waals surface area (Å²) in [6, 6.07) is 13.6. The van der Waals surface area contributed by atoms with Gasteiger partial charge in [0.05, 0.1) is 0 Å². The van der Waals surface area contributed by atoms with Crippen LogP contribution in [0.15, 0.2) is 48.7 Å². The number of H-pyrrole nitrogens is 1. The van der Waals surface area contributed by atoms with Gasteiger partial charge in [0.25, 0.3) is 5.91 Å². The van der Waals surface area contributed by atoms with E-state index in [1.54, 1.807) is 0 Å². The summed E-state index contributed by atoms with van der Waals surface area (Å²) in [5.41, 5.74) is 9.17. The number of hydrazine groups is 1. The first kappa shape index (κ1) is 18.5. The minimum atomic E-state index is -0.409. The van der Waals surface area contributed by atoms with E-state index in [2.05, 4.69) is 15.8 Å². The minimum absolute atomic E-state index is 0.161. The van der Waals surface area contributed by atoms with Gasteiger partial charge in [-0.1, -0.05) is 24.3 Å². The quantitative estimate of drug-likeness (QED) is 0.587. The van der Waals surface area contributed by atoms with Crippen LogP contribution in [0.4, 0.5) is 0 Å². The standard InChI is InChI=1S/C21H23N3O3/c1-14-7-9-17(11-15(14)2)27-13-21(26)24-23-20(25)10-8-16-12-22-19-6-4-3-5-18(16)19/h3-7,9,11-12,22H,8,10,13H2,1-2H3,(H,23,25)(H,24,26). The zero-order chi connectivity index (χ0) is 19.2. The second kappa shape index (κ2) is 8.40. The lowest BCUT2D eigenvalue weighted by Crippen LogP contribution is -2.43. The van der Waals surface area contributed by atoms with Crippen molar-refractivity contribution in [1.29, 1.82) is 0 Å². The molecule has 1 aromatic heterocycles. The molecule has 0 aliphatic heterocycles. The Labute approximate surface area is 157 Å². The third-order valence-corrected chi connectivity index (χ3v) is 4.49. The van der Waals surface area contributed by atoms with Crippen molar-refractivity contribution in [1.82, 2.24) is 15.8 Å². The number of aromatic amines is 1. The molecule has 6 heteroatoms. The Kier molecular flexibility index (Phi) is 5.76. The van der Waals surface area contributed by atoms with Crippen LogP contribution in [-0.2, 0) is 16.0 Å². The molecule has 0 atom stereocenters. The molecule has 3 rings (SSSR count). The van der Waals surface area contributed by atoms with Crippen molar-refractivity contribution in [3.05, 3.63) is 65.4 Å². The van der Waals surface area contributed by atoms with E-state index < -0.39 is 5.91 Å². The number of rotatable bonds is 6. The average molecular weight is 365 g/mol. The summed E-state index contributed by atoms with van der Waals surface area (Å²) in [5, 5.41) is 1.11. The molecular weight excluding hydrogens is 342 g/mol. The predicted octanol–water partition coefficient (Wildman–Crippen LogP) is 2.94. The second-order valence-corrected chi connectivity index (χ2v) is 6.49. The largest absolute Gasteiger partial charge is 0.484 e. The summed E-state index contributed by atoms with van der Waals surface area (Å²) < 4.78 is 5.44. The lowest BCUT2D eigenvalue weighted by Gasteiger charge is -2.10. The third kappa shape index (κ3) is 4.88. The van der Waals surface area contributed by atoms with E-state index in [9.17, 15) is 9.59 Å². The highest BCUT2D eigenvalue weighted by Gasteiger charge is 2.08. The van der Waals surface area contributed by atoms with Gasteiger partial charge in [-0.3, -0.25) is 20.4 Å². The number of carbonyl (C=O) groups excluding carboxylic acids is 2. The Hall–Kier alpha value is -3.28. The van der Waals surface area contributed by atoms with E-state index in [1.807, 2.05) is 62.5 Å². The van der Waals surface area contributed by atoms with Crippen LogP contribution in [0.1, 0.15) is 23.1 Å². The lowest BCUT2D eigenvalue weighted by atomic mass is 10.1. The van der Waals surface area contributed by atoms with Gasteiger partial charge >= 0.3 is 0 Å². The first-order valence-corrected chi connectivity index (χ1v) is 8.85. The van der Waals surface area contributed by atoms with E-state index in [0.717, 1.165) is 27.6 Å². The number of fused-ring (bicyclic) bond motifs is 1. The first-order valence-electron chi connectivity index (χ1n) is 8.85. The number of hydrogen-bond donors (Lipinski definition) is 3. The number of ether oxygens (including phenoxy) is 1. The number of aryl methyl sites for hydroxylation is 3. The number of hydrogen-bond acceptors (Lipinski definition) is 3. The number of para-hydroxylation sites is 1. The van der Waals surface area contributed by atoms with Gasteiger partial charge < -0.3 is 9.72 Å². The molecule has 0 aliphatic carbocycles. The van der Waals surface area contributed by atoms with E-state index >= 15 is 0 Å². The van der Waals surface area contributed by atoms with Gasteiger partial charge in [0.15, 0.2) is 6.61 Å². The maximum atomic E-state index is 12.0. The van der Waals surface area contributed by atoms with Crippen molar-refractivity contribution < 1.29 is 14.3 Å². The zero-order valence-electron chi connectivity index (χ0n) is 15.5. The van der Waals surface area contributed by atoms with Crippen molar-refractivity contribution in [2.75, 3.05) is 6.61 Å². The lowest BCUT2D eigenvalue weighted by molar-refractivity contribution is -0.130. The average Bonchev–Trinajstić information content (AvgIpc) is 3.09. The predicted molar refractivity (Wildman–Crippen MR) is 104 cm³/mol. The Morgan fingerprint density at radius 3 is 2.59 bits per heavy atom. The molecule has 0 bridgehead atoms. The normalized spacial score (nSPS) is 10.6. The maximum absolute atomic E-state index is 12.0. The number of benzene rings is 2. The van der Waals surface area contributed by atoms with E-state index in [-0.39, 0.29) is 18.9 Å². The van der Waals surface area contributed by atoms with Gasteiger partial charge in [-0.15, -0.1) is 0 Å². The molecule has 0 unspecified atom stereocenters. The molecule has 3 N–H and O–H groups in total. The Bertz CT molecular complexity index is 962. The van der Waals surface area contributed by atoms with Gasteiger partial charge in [0.2, 0.25) is 5.91 Å². The summed E-state index contributed by atoms with van der Waals surface area (Å²) in [7, 11) is 0. The molecule has 140 valence electrons. The Balaban J connectivity index is 1.40. The molecular formula is C21H23N3O3. The highest BCUT2D eigenvalue weighted by molar-refractivity contribution is 5.85. The van der Waals surface area contributed by atoms with E-state index in [4.69, 9.17) is 4.74 Å². The molecule has 0 radical (unpaired) electrons. The molecule has 0 fully saturated rings. The SMILES string of the molecule is Cc1ccc(OCC(=O)NNC(=O)CCc2c[nH]c3ccccc23)cc1C. The van der Waals surface area contributed by atoms with Crippen molar-refractivity contribution in [3.63, 3.8) is 0 Å². The van der Waals surface area contributed by atoms with E-state index in [0.29, 0.717) is 12.2 Å². The monoisotopic (exact) mass is 365 g/mol. The molecule has 2 amide bonds. The van der Waals surface area contributed by atoms with Crippen molar-refractivity contribution in [3.8, 4) is 5.75 Å². The number of amides is 2. The molecule has 0 saturated heterocycles. The first-order chi connectivity index (χ1) is 13.0. The van der Waals surface area contributed by atoms with Crippen LogP contribution in [0.2, 0.25) is 0 Å². The van der Waals surface area contributed by atoms with Gasteiger partial charge in [-0.2, -0.15) is 0 Å². The van der Waals surface area contributed by atoms with Crippen LogP contribution >= 0.6 is 0 Å². The fourth-order valence-corrected chi connectivity index (χ4v) is 2.78. The topological polar surface area (TPSA) is 83.2 Å². The molecule has 0 spiro atoms. The van der Waals surface area contributed by atoms with Crippen LogP contribution < -0.4 is 15.6 Å². The number of aromatic nitrogens is 1.